The van der Waals surface area contributed by atoms with Gasteiger partial charge < -0.3 is 10.2 Å². The van der Waals surface area contributed by atoms with Gasteiger partial charge in [0.25, 0.3) is 5.91 Å². The zero-order valence-corrected chi connectivity index (χ0v) is 14.2. The van der Waals surface area contributed by atoms with Crippen LogP contribution in [-0.2, 0) is 0 Å². The van der Waals surface area contributed by atoms with Gasteiger partial charge in [-0.3, -0.25) is 9.78 Å². The highest BCUT2D eigenvalue weighted by molar-refractivity contribution is 7.16. The molecule has 2 aromatic heterocycles. The molecule has 1 amide bonds. The lowest BCUT2D eigenvalue weighted by Gasteiger charge is -2.31. The lowest BCUT2D eigenvalue weighted by atomic mass is 9.93. The zero-order chi connectivity index (χ0) is 16.1. The first kappa shape index (κ1) is 16.1. The monoisotopic (exact) mass is 330 g/mol. The van der Waals surface area contributed by atoms with E-state index in [4.69, 9.17) is 0 Å². The van der Waals surface area contributed by atoms with Crippen LogP contribution in [0.2, 0.25) is 0 Å². The molecule has 0 atom stereocenters. The largest absolute Gasteiger partial charge is 0.338 e. The summed E-state index contributed by atoms with van der Waals surface area (Å²) < 4.78 is 0. The smallest absolute Gasteiger partial charge is 0.265 e. The molecule has 1 N–H and O–H groups in total. The molecule has 0 bridgehead atoms. The van der Waals surface area contributed by atoms with Crippen LogP contribution in [0.5, 0.6) is 0 Å². The van der Waals surface area contributed by atoms with Crippen LogP contribution in [0.3, 0.4) is 0 Å². The van der Waals surface area contributed by atoms with E-state index in [1.54, 1.807) is 18.6 Å². The van der Waals surface area contributed by atoms with Gasteiger partial charge in [-0.2, -0.15) is 0 Å². The van der Waals surface area contributed by atoms with Gasteiger partial charge >= 0.3 is 0 Å². The molecule has 0 spiro atoms. The molecule has 1 saturated heterocycles. The van der Waals surface area contributed by atoms with E-state index in [1.165, 1.54) is 17.8 Å². The summed E-state index contributed by atoms with van der Waals surface area (Å²) in [4.78, 5) is 23.7. The Bertz CT molecular complexity index is 635. The van der Waals surface area contributed by atoms with Crippen molar-refractivity contribution in [3.63, 3.8) is 0 Å². The van der Waals surface area contributed by atoms with Crippen molar-refractivity contribution in [1.29, 1.82) is 0 Å². The number of thiazole rings is 1. The summed E-state index contributed by atoms with van der Waals surface area (Å²) in [7, 11) is 1.99. The maximum absolute atomic E-state index is 12.6. The number of hydrogen-bond donors (Lipinski definition) is 1. The number of carbonyl (C=O) groups excluding carboxylic acids is 1. The van der Waals surface area contributed by atoms with Gasteiger partial charge in [0.15, 0.2) is 0 Å². The number of amides is 1. The normalized spacial score (nSPS) is 15.8. The second-order valence-electron chi connectivity index (χ2n) is 5.89. The quantitative estimate of drug-likeness (QED) is 0.916. The van der Waals surface area contributed by atoms with E-state index in [0.717, 1.165) is 53.8 Å². The van der Waals surface area contributed by atoms with Crippen molar-refractivity contribution in [2.45, 2.75) is 19.3 Å². The van der Waals surface area contributed by atoms with Gasteiger partial charge in [0.05, 0.1) is 6.20 Å². The molecule has 5 nitrogen and oxygen atoms in total. The maximum atomic E-state index is 12.6. The summed E-state index contributed by atoms with van der Waals surface area (Å²) in [5, 5.41) is 4.08. The summed E-state index contributed by atoms with van der Waals surface area (Å²) in [6.07, 6.45) is 8.59. The number of piperidine rings is 1. The van der Waals surface area contributed by atoms with Crippen molar-refractivity contribution in [2.75, 3.05) is 26.7 Å². The van der Waals surface area contributed by atoms with Crippen LogP contribution in [0.1, 0.15) is 28.9 Å². The lowest BCUT2D eigenvalue weighted by Crippen LogP contribution is -2.38. The summed E-state index contributed by atoms with van der Waals surface area (Å²) in [6.45, 7) is 2.77. The first-order valence-electron chi connectivity index (χ1n) is 8.08. The summed E-state index contributed by atoms with van der Waals surface area (Å²) in [6, 6.07) is 3.83. The molecule has 6 heteroatoms. The molecule has 23 heavy (non-hydrogen) atoms. The minimum absolute atomic E-state index is 0.120. The number of pyridine rings is 1. The third kappa shape index (κ3) is 3.95. The first-order chi connectivity index (χ1) is 11.3. The summed E-state index contributed by atoms with van der Waals surface area (Å²) in [5.74, 6) is 0.857. The number of likely N-dealkylation sites (tertiary alicyclic amines) is 1. The van der Waals surface area contributed by atoms with Crippen LogP contribution in [0, 0.1) is 5.92 Å². The summed E-state index contributed by atoms with van der Waals surface area (Å²) in [5.41, 5.74) is 1.01. The van der Waals surface area contributed by atoms with Crippen molar-refractivity contribution < 1.29 is 4.79 Å². The highest BCUT2D eigenvalue weighted by Crippen LogP contribution is 2.27. The molecule has 0 aliphatic carbocycles. The van der Waals surface area contributed by atoms with Crippen molar-refractivity contribution in [1.82, 2.24) is 20.2 Å². The van der Waals surface area contributed by atoms with Crippen molar-refractivity contribution in [3.05, 3.63) is 35.6 Å². The fourth-order valence-corrected chi connectivity index (χ4v) is 3.82. The Morgan fingerprint density at radius 1 is 1.35 bits per heavy atom. The lowest BCUT2D eigenvalue weighted by molar-refractivity contribution is 0.0692. The molecule has 2 aromatic rings. The second-order valence-corrected chi connectivity index (χ2v) is 6.92. The first-order valence-corrected chi connectivity index (χ1v) is 8.89. The van der Waals surface area contributed by atoms with E-state index in [2.05, 4.69) is 15.3 Å². The fraction of sp³-hybridized carbons (Fsp3) is 0.471. The molecule has 0 saturated carbocycles. The molecule has 0 aromatic carbocycles. The molecular weight excluding hydrogens is 308 g/mol. The van der Waals surface area contributed by atoms with E-state index in [0.29, 0.717) is 0 Å². The van der Waals surface area contributed by atoms with Crippen LogP contribution >= 0.6 is 11.3 Å². The fourth-order valence-electron chi connectivity index (χ4n) is 2.93. The highest BCUT2D eigenvalue weighted by Gasteiger charge is 2.24. The molecule has 1 aliphatic heterocycles. The SMILES string of the molecule is CNCCC1CCN(C(=O)c2cnc(-c3ccncc3)s2)CC1. The Morgan fingerprint density at radius 3 is 2.78 bits per heavy atom. The van der Waals surface area contributed by atoms with Gasteiger partial charge in [0, 0.05) is 31.0 Å². The Hall–Kier alpha value is -1.79. The van der Waals surface area contributed by atoms with E-state index in [9.17, 15) is 4.79 Å². The minimum Gasteiger partial charge on any atom is -0.338 e. The second kappa shape index (κ2) is 7.66. The van der Waals surface area contributed by atoms with Gasteiger partial charge in [0.2, 0.25) is 0 Å². The van der Waals surface area contributed by atoms with E-state index in [1.807, 2.05) is 24.1 Å². The van der Waals surface area contributed by atoms with Gasteiger partial charge in [0.1, 0.15) is 9.88 Å². The minimum atomic E-state index is 0.120. The van der Waals surface area contributed by atoms with Crippen molar-refractivity contribution in [2.24, 2.45) is 5.92 Å². The number of rotatable bonds is 5. The van der Waals surface area contributed by atoms with E-state index in [-0.39, 0.29) is 5.91 Å². The van der Waals surface area contributed by atoms with Gasteiger partial charge in [-0.15, -0.1) is 11.3 Å². The number of carbonyl (C=O) groups is 1. The molecule has 0 radical (unpaired) electrons. The topological polar surface area (TPSA) is 58.1 Å². The predicted molar refractivity (Wildman–Crippen MR) is 92.5 cm³/mol. The van der Waals surface area contributed by atoms with Crippen LogP contribution in [0.25, 0.3) is 10.6 Å². The molecule has 1 fully saturated rings. The Labute approximate surface area is 140 Å². The summed E-state index contributed by atoms with van der Waals surface area (Å²) >= 11 is 1.46. The van der Waals surface area contributed by atoms with Crippen LogP contribution in [0.4, 0.5) is 0 Å². The van der Waals surface area contributed by atoms with Crippen molar-refractivity contribution >= 4 is 17.2 Å². The maximum Gasteiger partial charge on any atom is 0.265 e. The standard InChI is InChI=1S/C17H22N4OS/c1-18-7-2-13-5-10-21(11-6-13)17(22)15-12-20-16(23-15)14-3-8-19-9-4-14/h3-4,8-9,12-13,18H,2,5-7,10-11H2,1H3. The molecule has 0 unspecified atom stereocenters. The Kier molecular flexibility index (Phi) is 5.35. The molecular formula is C17H22N4OS. The number of nitrogens with zero attached hydrogens (tertiary/aromatic N) is 3. The number of nitrogens with one attached hydrogen (secondary N) is 1. The molecule has 122 valence electrons. The average molecular weight is 330 g/mol. The third-order valence-corrected chi connectivity index (χ3v) is 5.38. The molecule has 3 rings (SSSR count). The van der Waals surface area contributed by atoms with E-state index >= 15 is 0 Å². The Morgan fingerprint density at radius 2 is 2.09 bits per heavy atom. The molecule has 1 aliphatic rings. The molecule has 3 heterocycles. The van der Waals surface area contributed by atoms with Crippen LogP contribution in [-0.4, -0.2) is 47.5 Å². The van der Waals surface area contributed by atoms with E-state index < -0.39 is 0 Å². The van der Waals surface area contributed by atoms with Gasteiger partial charge in [-0.1, -0.05) is 0 Å². The number of hydrogen-bond acceptors (Lipinski definition) is 5. The van der Waals surface area contributed by atoms with Crippen LogP contribution in [0.15, 0.2) is 30.7 Å². The van der Waals surface area contributed by atoms with Crippen molar-refractivity contribution in [3.8, 4) is 10.6 Å². The van der Waals surface area contributed by atoms with Gasteiger partial charge in [-0.25, -0.2) is 4.98 Å². The zero-order valence-electron chi connectivity index (χ0n) is 13.4. The predicted octanol–water partition coefficient (Wildman–Crippen LogP) is 2.67. The van der Waals surface area contributed by atoms with Crippen LogP contribution < -0.4 is 5.32 Å². The highest BCUT2D eigenvalue weighted by atomic mass is 32.1. The number of aromatic nitrogens is 2. The van der Waals surface area contributed by atoms with Gasteiger partial charge in [-0.05, 0) is 50.9 Å². The Balaban J connectivity index is 1.60. The third-order valence-electron chi connectivity index (χ3n) is 4.35. The average Bonchev–Trinajstić information content (AvgIpc) is 3.11.